The van der Waals surface area contributed by atoms with E-state index in [4.69, 9.17) is 10.8 Å². The first-order valence-corrected chi connectivity index (χ1v) is 7.42. The Morgan fingerprint density at radius 2 is 1.70 bits per heavy atom. The van der Waals surface area contributed by atoms with Crippen molar-refractivity contribution in [3.63, 3.8) is 0 Å². The lowest BCUT2D eigenvalue weighted by atomic mass is 10.2. The molecule has 3 N–H and O–H groups in total. The van der Waals surface area contributed by atoms with Crippen LogP contribution in [0, 0.1) is 0 Å². The molecular weight excluding hydrogens is 258 g/mol. The number of primary amides is 1. The molecule has 0 radical (unpaired) electrons. The van der Waals surface area contributed by atoms with Crippen LogP contribution in [0.4, 0.5) is 4.79 Å². The summed E-state index contributed by atoms with van der Waals surface area (Å²) in [6, 6.07) is -0.262. The van der Waals surface area contributed by atoms with Gasteiger partial charge in [0.25, 0.3) is 0 Å². The number of aliphatic carboxylic acids is 1. The van der Waals surface area contributed by atoms with E-state index in [0.717, 1.165) is 38.9 Å². The zero-order valence-corrected chi connectivity index (χ0v) is 12.8. The number of hydrogen-bond acceptors (Lipinski definition) is 3. The van der Waals surface area contributed by atoms with Crippen LogP contribution in [0.15, 0.2) is 0 Å². The second-order valence-corrected chi connectivity index (χ2v) is 5.19. The molecule has 0 saturated carbocycles. The van der Waals surface area contributed by atoms with E-state index in [1.807, 2.05) is 11.9 Å². The van der Waals surface area contributed by atoms with Crippen LogP contribution in [0.2, 0.25) is 0 Å². The maximum absolute atomic E-state index is 10.7. The van der Waals surface area contributed by atoms with Crippen molar-refractivity contribution in [2.24, 2.45) is 5.73 Å². The Kier molecular flexibility index (Phi) is 10.8. The van der Waals surface area contributed by atoms with Gasteiger partial charge < -0.3 is 20.6 Å². The van der Waals surface area contributed by atoms with E-state index in [0.29, 0.717) is 6.54 Å². The summed E-state index contributed by atoms with van der Waals surface area (Å²) in [4.78, 5) is 24.5. The monoisotopic (exact) mass is 287 g/mol. The maximum Gasteiger partial charge on any atom is 0.314 e. The van der Waals surface area contributed by atoms with Crippen LogP contribution in [-0.2, 0) is 4.79 Å². The van der Waals surface area contributed by atoms with E-state index in [-0.39, 0.29) is 12.5 Å². The SMILES string of the molecule is CCCN(C)CCC(=O)O.NC(=O)N1CCCCCC1. The fourth-order valence-electron chi connectivity index (χ4n) is 2.07. The highest BCUT2D eigenvalue weighted by Crippen LogP contribution is 2.08. The van der Waals surface area contributed by atoms with Crippen LogP contribution in [0.3, 0.4) is 0 Å². The van der Waals surface area contributed by atoms with Crippen molar-refractivity contribution in [3.8, 4) is 0 Å². The molecule has 0 aliphatic carbocycles. The highest BCUT2D eigenvalue weighted by atomic mass is 16.4. The standard InChI is InChI=1S/C7H14N2O.C7H15NO2/c8-7(10)9-5-3-1-2-4-6-9;1-3-5-8(2)6-4-7(9)10/h1-6H2,(H2,8,10);3-6H2,1-2H3,(H,9,10). The molecule has 1 fully saturated rings. The van der Waals surface area contributed by atoms with E-state index < -0.39 is 5.97 Å². The summed E-state index contributed by atoms with van der Waals surface area (Å²) in [5, 5.41) is 8.30. The van der Waals surface area contributed by atoms with Gasteiger partial charge in [0.05, 0.1) is 6.42 Å². The van der Waals surface area contributed by atoms with Gasteiger partial charge >= 0.3 is 12.0 Å². The van der Waals surface area contributed by atoms with Crippen LogP contribution in [0.1, 0.15) is 45.4 Å². The van der Waals surface area contributed by atoms with Gasteiger partial charge in [-0.25, -0.2) is 4.79 Å². The number of carboxylic acids is 1. The van der Waals surface area contributed by atoms with Gasteiger partial charge in [-0.05, 0) is 32.9 Å². The molecule has 0 aromatic heterocycles. The second-order valence-electron chi connectivity index (χ2n) is 5.19. The Balaban J connectivity index is 0.000000361. The first-order valence-electron chi connectivity index (χ1n) is 7.42. The number of carbonyl (C=O) groups excluding carboxylic acids is 1. The van der Waals surface area contributed by atoms with Gasteiger partial charge in [0.15, 0.2) is 0 Å². The molecule has 1 aliphatic rings. The minimum Gasteiger partial charge on any atom is -0.481 e. The van der Waals surface area contributed by atoms with Gasteiger partial charge in [0.2, 0.25) is 0 Å². The Morgan fingerprint density at radius 3 is 2.10 bits per heavy atom. The number of nitrogens with two attached hydrogens (primary N) is 1. The third-order valence-corrected chi connectivity index (χ3v) is 3.23. The Labute approximate surface area is 121 Å². The van der Waals surface area contributed by atoms with Gasteiger partial charge in [-0.1, -0.05) is 19.8 Å². The van der Waals surface area contributed by atoms with E-state index in [1.165, 1.54) is 12.8 Å². The average molecular weight is 287 g/mol. The summed E-state index contributed by atoms with van der Waals surface area (Å²) in [7, 11) is 1.94. The quantitative estimate of drug-likeness (QED) is 0.806. The predicted molar refractivity (Wildman–Crippen MR) is 79.7 cm³/mol. The van der Waals surface area contributed by atoms with E-state index in [2.05, 4.69) is 6.92 Å². The second kappa shape index (κ2) is 11.5. The van der Waals surface area contributed by atoms with Crippen molar-refractivity contribution in [3.05, 3.63) is 0 Å². The lowest BCUT2D eigenvalue weighted by Gasteiger charge is -2.16. The molecule has 118 valence electrons. The van der Waals surface area contributed by atoms with Gasteiger partial charge in [-0.3, -0.25) is 4.79 Å². The molecule has 1 heterocycles. The van der Waals surface area contributed by atoms with E-state index in [9.17, 15) is 9.59 Å². The lowest BCUT2D eigenvalue weighted by Crippen LogP contribution is -2.36. The van der Waals surface area contributed by atoms with Crippen molar-refractivity contribution in [2.45, 2.75) is 45.4 Å². The highest BCUT2D eigenvalue weighted by molar-refractivity contribution is 5.71. The van der Waals surface area contributed by atoms with Crippen molar-refractivity contribution >= 4 is 12.0 Å². The summed E-state index contributed by atoms with van der Waals surface area (Å²) in [5.41, 5.74) is 5.12. The van der Waals surface area contributed by atoms with Crippen LogP contribution >= 0.6 is 0 Å². The molecule has 2 amide bonds. The first-order chi connectivity index (χ1) is 9.47. The number of nitrogens with zero attached hydrogens (tertiary/aromatic N) is 2. The van der Waals surface area contributed by atoms with Crippen LogP contribution < -0.4 is 5.73 Å². The molecule has 0 spiro atoms. The summed E-state index contributed by atoms with van der Waals surface area (Å²) in [5.74, 6) is -0.719. The molecule has 1 rings (SSSR count). The molecule has 0 unspecified atom stereocenters. The van der Waals surface area contributed by atoms with Gasteiger partial charge in [0.1, 0.15) is 0 Å². The molecule has 0 bridgehead atoms. The highest BCUT2D eigenvalue weighted by Gasteiger charge is 2.10. The lowest BCUT2D eigenvalue weighted by molar-refractivity contribution is -0.137. The van der Waals surface area contributed by atoms with Crippen LogP contribution in [-0.4, -0.2) is 60.1 Å². The van der Waals surface area contributed by atoms with Crippen LogP contribution in [0.25, 0.3) is 0 Å². The normalized spacial score (nSPS) is 15.2. The Bertz CT molecular complexity index is 277. The van der Waals surface area contributed by atoms with Crippen LogP contribution in [0.5, 0.6) is 0 Å². The Hall–Kier alpha value is -1.30. The van der Waals surface area contributed by atoms with Gasteiger partial charge in [-0.15, -0.1) is 0 Å². The number of rotatable bonds is 5. The third kappa shape index (κ3) is 10.6. The molecule has 1 aliphatic heterocycles. The molecule has 6 nitrogen and oxygen atoms in total. The van der Waals surface area contributed by atoms with Crippen molar-refractivity contribution in [1.82, 2.24) is 9.80 Å². The maximum atomic E-state index is 10.7. The predicted octanol–water partition coefficient (Wildman–Crippen LogP) is 1.74. The molecule has 0 aromatic rings. The zero-order valence-electron chi connectivity index (χ0n) is 12.8. The van der Waals surface area contributed by atoms with Gasteiger partial charge in [-0.2, -0.15) is 0 Å². The summed E-state index contributed by atoms with van der Waals surface area (Å²) in [6.45, 7) is 5.43. The first kappa shape index (κ1) is 18.7. The molecule has 0 atom stereocenters. The largest absolute Gasteiger partial charge is 0.481 e. The third-order valence-electron chi connectivity index (χ3n) is 3.23. The minimum absolute atomic E-state index is 0.247. The molecule has 20 heavy (non-hydrogen) atoms. The van der Waals surface area contributed by atoms with E-state index in [1.54, 1.807) is 4.90 Å². The zero-order chi connectivity index (χ0) is 15.4. The average Bonchev–Trinajstić information content (AvgIpc) is 2.66. The number of urea groups is 1. The summed E-state index contributed by atoms with van der Waals surface area (Å²) in [6.07, 6.45) is 6.03. The molecule has 6 heteroatoms. The molecule has 0 aromatic carbocycles. The molecule has 1 saturated heterocycles. The van der Waals surface area contributed by atoms with E-state index >= 15 is 0 Å². The Morgan fingerprint density at radius 1 is 1.15 bits per heavy atom. The number of carboxylic acid groups (broad SMARTS) is 1. The number of hydrogen-bond donors (Lipinski definition) is 2. The topological polar surface area (TPSA) is 86.9 Å². The minimum atomic E-state index is -0.719. The molecular formula is C14H29N3O3. The van der Waals surface area contributed by atoms with Crippen molar-refractivity contribution in [1.29, 1.82) is 0 Å². The number of amides is 2. The smallest absolute Gasteiger partial charge is 0.314 e. The van der Waals surface area contributed by atoms with Gasteiger partial charge in [0, 0.05) is 19.6 Å². The summed E-state index contributed by atoms with van der Waals surface area (Å²) >= 11 is 0. The van der Waals surface area contributed by atoms with Crippen molar-refractivity contribution in [2.75, 3.05) is 33.2 Å². The fraction of sp³-hybridized carbons (Fsp3) is 0.857. The number of likely N-dealkylation sites (tertiary alicyclic amines) is 1. The van der Waals surface area contributed by atoms with Crippen molar-refractivity contribution < 1.29 is 14.7 Å². The number of carbonyl (C=O) groups is 2. The summed E-state index contributed by atoms with van der Waals surface area (Å²) < 4.78 is 0. The fourth-order valence-corrected chi connectivity index (χ4v) is 2.07.